The van der Waals surface area contributed by atoms with Crippen LogP contribution in [0.5, 0.6) is 17.2 Å². The van der Waals surface area contributed by atoms with Gasteiger partial charge in [-0.15, -0.1) is 0 Å². The van der Waals surface area contributed by atoms with Crippen LogP contribution in [0.15, 0.2) is 96.0 Å². The Balaban J connectivity index is 0.000000848. The highest BCUT2D eigenvalue weighted by Crippen LogP contribution is 2.13. The number of carbonyl (C=O) groups excluding carboxylic acids is 4. The van der Waals surface area contributed by atoms with Gasteiger partial charge in [-0.3, -0.25) is 4.79 Å². The fourth-order valence-electron chi connectivity index (χ4n) is 3.05. The topological polar surface area (TPSA) is 151 Å². The van der Waals surface area contributed by atoms with E-state index < -0.39 is 24.1 Å². The van der Waals surface area contributed by atoms with Crippen LogP contribution in [0, 0.1) is 11.5 Å². The van der Waals surface area contributed by atoms with Crippen LogP contribution < -0.4 is 14.2 Å². The van der Waals surface area contributed by atoms with E-state index in [0.717, 1.165) is 0 Å². The molecule has 0 aliphatic heterocycles. The standard InChI is InChI=1S/C17H18N2O6.C13H10O3.2CH4/c18-12-23-10-5-4-8-15(19-13-20)17(22)24-11-9-16(21)25-14-6-2-1-3-7-14;14-13(15-11-7-3-1-4-8-11)16-12-9-5-2-6-10-12;;/h1-3,6-7,15H,4-5,8-11H2;1-10H;2*1H4. The Labute approximate surface area is 251 Å². The molecule has 3 aromatic carbocycles. The molecule has 0 saturated heterocycles. The number of isocyanates is 1. The number of nitrogens with zero attached hydrogens (tertiary/aromatic N) is 2. The highest BCUT2D eigenvalue weighted by molar-refractivity contribution is 5.77. The lowest BCUT2D eigenvalue weighted by Gasteiger charge is -2.10. The molecule has 11 nitrogen and oxygen atoms in total. The number of ether oxygens (including phenoxy) is 5. The number of para-hydroxylation sites is 3. The maximum atomic E-state index is 11.9. The molecule has 0 spiro atoms. The molecule has 1 atom stereocenters. The molecule has 3 aromatic rings. The summed E-state index contributed by atoms with van der Waals surface area (Å²) in [5.74, 6) is 0.0776. The molecule has 0 fully saturated rings. The van der Waals surface area contributed by atoms with E-state index in [1.54, 1.807) is 78.9 Å². The molecule has 0 radical (unpaired) electrons. The van der Waals surface area contributed by atoms with Gasteiger partial charge in [0, 0.05) is 0 Å². The first-order valence-electron chi connectivity index (χ1n) is 12.5. The summed E-state index contributed by atoms with van der Waals surface area (Å²) in [6.45, 7) is 0.0569. The second kappa shape index (κ2) is 23.3. The third-order valence-corrected chi connectivity index (χ3v) is 4.93. The number of hydrogen-bond donors (Lipinski definition) is 0. The Morgan fingerprint density at radius 1 is 0.721 bits per heavy atom. The van der Waals surface area contributed by atoms with Crippen LogP contribution in [0.4, 0.5) is 4.79 Å². The molecule has 0 heterocycles. The van der Waals surface area contributed by atoms with Crippen molar-refractivity contribution in [1.82, 2.24) is 0 Å². The van der Waals surface area contributed by atoms with Crippen LogP contribution >= 0.6 is 0 Å². The van der Waals surface area contributed by atoms with Gasteiger partial charge in [-0.1, -0.05) is 69.5 Å². The molecule has 228 valence electrons. The average molecular weight is 593 g/mol. The van der Waals surface area contributed by atoms with Gasteiger partial charge in [0.1, 0.15) is 30.5 Å². The van der Waals surface area contributed by atoms with Gasteiger partial charge in [0.25, 0.3) is 6.26 Å². The van der Waals surface area contributed by atoms with Crippen molar-refractivity contribution in [3.63, 3.8) is 0 Å². The molecule has 0 aromatic heterocycles. The summed E-state index contributed by atoms with van der Waals surface area (Å²) < 4.78 is 24.4. The molecule has 43 heavy (non-hydrogen) atoms. The minimum Gasteiger partial charge on any atom is -0.463 e. The number of hydrogen-bond acceptors (Lipinski definition) is 11. The van der Waals surface area contributed by atoms with E-state index in [4.69, 9.17) is 24.2 Å². The predicted octanol–water partition coefficient (Wildman–Crippen LogP) is 6.43. The number of rotatable bonds is 13. The first-order chi connectivity index (χ1) is 20.0. The summed E-state index contributed by atoms with van der Waals surface area (Å²) in [5.41, 5.74) is 0. The van der Waals surface area contributed by atoms with Crippen molar-refractivity contribution >= 4 is 24.2 Å². The molecule has 0 aliphatic carbocycles. The third-order valence-electron chi connectivity index (χ3n) is 4.93. The first kappa shape index (κ1) is 37.5. The monoisotopic (exact) mass is 592 g/mol. The van der Waals surface area contributed by atoms with E-state index in [0.29, 0.717) is 30.1 Å². The summed E-state index contributed by atoms with van der Waals surface area (Å²) in [4.78, 5) is 48.6. The van der Waals surface area contributed by atoms with Crippen molar-refractivity contribution in [2.24, 2.45) is 4.99 Å². The van der Waals surface area contributed by atoms with Crippen LogP contribution in [0.25, 0.3) is 0 Å². The van der Waals surface area contributed by atoms with Gasteiger partial charge in [-0.25, -0.2) is 14.4 Å². The largest absolute Gasteiger partial charge is 0.519 e. The molecule has 0 amide bonds. The molecule has 1 unspecified atom stereocenters. The zero-order chi connectivity index (χ0) is 29.5. The maximum absolute atomic E-state index is 11.9. The van der Waals surface area contributed by atoms with E-state index in [1.165, 1.54) is 12.3 Å². The van der Waals surface area contributed by atoms with Gasteiger partial charge in [0.05, 0.1) is 6.42 Å². The smallest absolute Gasteiger partial charge is 0.463 e. The Hall–Kier alpha value is -5.46. The zero-order valence-corrected chi connectivity index (χ0v) is 22.0. The lowest BCUT2D eigenvalue weighted by Crippen LogP contribution is -2.23. The van der Waals surface area contributed by atoms with Crippen molar-refractivity contribution in [2.45, 2.75) is 46.6 Å². The van der Waals surface area contributed by atoms with E-state index >= 15 is 0 Å². The number of carbonyl (C=O) groups is 3. The van der Waals surface area contributed by atoms with Crippen molar-refractivity contribution in [2.75, 3.05) is 13.2 Å². The highest BCUT2D eigenvalue weighted by Gasteiger charge is 2.19. The minimum atomic E-state index is -0.982. The van der Waals surface area contributed by atoms with E-state index in [9.17, 15) is 19.2 Å². The van der Waals surface area contributed by atoms with Gasteiger partial charge in [0.2, 0.25) is 6.08 Å². The molecule has 3 rings (SSSR count). The maximum Gasteiger partial charge on any atom is 0.519 e. The summed E-state index contributed by atoms with van der Waals surface area (Å²) in [7, 11) is 0. The minimum absolute atomic E-state index is 0. The number of nitriles is 1. The molecular weight excluding hydrogens is 556 g/mol. The second-order valence-corrected chi connectivity index (χ2v) is 7.96. The summed E-state index contributed by atoms with van der Waals surface area (Å²) >= 11 is 0. The van der Waals surface area contributed by atoms with Crippen LogP contribution in [0.3, 0.4) is 0 Å². The predicted molar refractivity (Wildman–Crippen MR) is 158 cm³/mol. The lowest BCUT2D eigenvalue weighted by molar-refractivity contribution is -0.147. The zero-order valence-electron chi connectivity index (χ0n) is 22.0. The SMILES string of the molecule is C.C.N#COCCCCC(N=C=O)C(=O)OCCC(=O)Oc1ccccc1.O=C(Oc1ccccc1)Oc1ccccc1. The number of aliphatic imine (C=N–C) groups is 1. The Kier molecular flexibility index (Phi) is 20.3. The number of benzene rings is 3. The van der Waals surface area contributed by atoms with Gasteiger partial charge in [-0.05, 0) is 55.7 Å². The van der Waals surface area contributed by atoms with Crippen LogP contribution in [0.2, 0.25) is 0 Å². The summed E-state index contributed by atoms with van der Waals surface area (Å²) in [6.07, 6.45) is 3.33. The quantitative estimate of drug-likeness (QED) is 0.0413. The Bertz CT molecular complexity index is 1250. The molecular formula is C32H36N2O9. The van der Waals surface area contributed by atoms with Gasteiger partial charge < -0.3 is 23.7 Å². The van der Waals surface area contributed by atoms with Gasteiger partial charge in [-0.2, -0.15) is 10.3 Å². The van der Waals surface area contributed by atoms with Crippen LogP contribution in [-0.4, -0.2) is 43.4 Å². The summed E-state index contributed by atoms with van der Waals surface area (Å²) in [6, 6.07) is 25.1. The molecule has 0 N–H and O–H groups in total. The highest BCUT2D eigenvalue weighted by atomic mass is 16.7. The van der Waals surface area contributed by atoms with Gasteiger partial charge >= 0.3 is 18.1 Å². The van der Waals surface area contributed by atoms with E-state index in [1.807, 2.05) is 12.1 Å². The fourth-order valence-corrected chi connectivity index (χ4v) is 3.05. The third kappa shape index (κ3) is 17.1. The normalized spacial score (nSPS) is 9.74. The van der Waals surface area contributed by atoms with E-state index in [2.05, 4.69) is 9.73 Å². The van der Waals surface area contributed by atoms with Crippen molar-refractivity contribution < 1.29 is 42.9 Å². The van der Waals surface area contributed by atoms with Crippen molar-refractivity contribution in [3.05, 3.63) is 91.0 Å². The van der Waals surface area contributed by atoms with Crippen molar-refractivity contribution in [1.29, 1.82) is 5.26 Å². The molecule has 0 aliphatic rings. The number of unbranched alkanes of at least 4 members (excludes halogenated alkanes) is 1. The lowest BCUT2D eigenvalue weighted by atomic mass is 10.1. The van der Waals surface area contributed by atoms with Crippen LogP contribution in [-0.2, 0) is 23.9 Å². The number of esters is 2. The Morgan fingerprint density at radius 3 is 1.67 bits per heavy atom. The second-order valence-electron chi connectivity index (χ2n) is 7.96. The fraction of sp³-hybridized carbons (Fsp3) is 0.281. The molecule has 0 bridgehead atoms. The van der Waals surface area contributed by atoms with E-state index in [-0.39, 0.29) is 40.9 Å². The van der Waals surface area contributed by atoms with Crippen molar-refractivity contribution in [3.8, 4) is 23.5 Å². The average Bonchev–Trinajstić information content (AvgIpc) is 2.98. The Morgan fingerprint density at radius 2 is 1.21 bits per heavy atom. The van der Waals surface area contributed by atoms with Crippen LogP contribution in [0.1, 0.15) is 40.5 Å². The first-order valence-corrected chi connectivity index (χ1v) is 12.5. The summed E-state index contributed by atoms with van der Waals surface area (Å²) in [5, 5.41) is 8.23. The molecule has 0 saturated carbocycles. The van der Waals surface area contributed by atoms with Gasteiger partial charge in [0.15, 0.2) is 6.04 Å². The molecule has 11 heteroatoms.